The van der Waals surface area contributed by atoms with Gasteiger partial charge in [0.25, 0.3) is 5.91 Å². The second-order valence-electron chi connectivity index (χ2n) is 4.84. The largest absolute Gasteiger partial charge is 0.352 e. The summed E-state index contributed by atoms with van der Waals surface area (Å²) in [6.45, 7) is 0.500. The molecule has 0 aliphatic rings. The molecule has 0 unspecified atom stereocenters. The van der Waals surface area contributed by atoms with Crippen molar-refractivity contribution in [2.24, 2.45) is 0 Å². The van der Waals surface area contributed by atoms with Crippen LogP contribution in [0.5, 0.6) is 0 Å². The molecule has 0 atom stereocenters. The number of carbonyl (C=O) groups is 1. The number of H-pyrrole nitrogens is 1. The fourth-order valence-electron chi connectivity index (χ4n) is 2.18. The SMILES string of the molecule is O=C(NCCc1[nH]cnc1-c1cccs1)c1ccc(Cl)c(Cl)c1. The van der Waals surface area contributed by atoms with E-state index >= 15 is 0 Å². The van der Waals surface area contributed by atoms with Crippen molar-refractivity contribution in [2.75, 3.05) is 6.54 Å². The first-order chi connectivity index (χ1) is 11.1. The number of halogens is 2. The Morgan fingerprint density at radius 2 is 2.13 bits per heavy atom. The Morgan fingerprint density at radius 1 is 1.26 bits per heavy atom. The van der Waals surface area contributed by atoms with Crippen molar-refractivity contribution in [3.8, 4) is 10.6 Å². The molecule has 1 aromatic carbocycles. The van der Waals surface area contributed by atoms with Crippen LogP contribution in [0.1, 0.15) is 16.1 Å². The molecular weight excluding hydrogens is 353 g/mol. The van der Waals surface area contributed by atoms with Crippen molar-refractivity contribution in [1.82, 2.24) is 15.3 Å². The number of hydrogen-bond donors (Lipinski definition) is 2. The Kier molecular flexibility index (Phi) is 5.00. The number of thiophene rings is 1. The summed E-state index contributed by atoms with van der Waals surface area (Å²) in [6, 6.07) is 8.84. The standard InChI is InChI=1S/C16H13Cl2N3OS/c17-11-4-3-10(8-12(11)18)16(22)19-6-5-13-15(21-9-20-13)14-2-1-7-23-14/h1-4,7-9H,5-6H2,(H,19,22)(H,20,21). The van der Waals surface area contributed by atoms with Gasteiger partial charge in [-0.15, -0.1) is 11.3 Å². The number of rotatable bonds is 5. The molecule has 4 nitrogen and oxygen atoms in total. The minimum Gasteiger partial charge on any atom is -0.352 e. The predicted octanol–water partition coefficient (Wildman–Crippen LogP) is 4.42. The first kappa shape index (κ1) is 16.1. The maximum absolute atomic E-state index is 12.1. The maximum Gasteiger partial charge on any atom is 0.251 e. The zero-order valence-electron chi connectivity index (χ0n) is 12.0. The van der Waals surface area contributed by atoms with Gasteiger partial charge in [0, 0.05) is 24.2 Å². The van der Waals surface area contributed by atoms with Gasteiger partial charge in [-0.3, -0.25) is 4.79 Å². The predicted molar refractivity (Wildman–Crippen MR) is 94.4 cm³/mol. The van der Waals surface area contributed by atoms with E-state index in [2.05, 4.69) is 15.3 Å². The molecule has 0 aliphatic heterocycles. The molecule has 2 heterocycles. The van der Waals surface area contributed by atoms with Gasteiger partial charge in [0.1, 0.15) is 5.69 Å². The first-order valence-electron chi connectivity index (χ1n) is 6.94. The van der Waals surface area contributed by atoms with E-state index in [0.717, 1.165) is 16.3 Å². The molecule has 0 aliphatic carbocycles. The van der Waals surface area contributed by atoms with E-state index in [9.17, 15) is 4.79 Å². The number of carbonyl (C=O) groups excluding carboxylic acids is 1. The van der Waals surface area contributed by atoms with Crippen molar-refractivity contribution in [1.29, 1.82) is 0 Å². The molecule has 118 valence electrons. The molecule has 0 saturated heterocycles. The number of aromatic amines is 1. The van der Waals surface area contributed by atoms with Crippen molar-refractivity contribution >= 4 is 40.4 Å². The number of aromatic nitrogens is 2. The zero-order chi connectivity index (χ0) is 16.2. The second kappa shape index (κ2) is 7.17. The number of amides is 1. The summed E-state index contributed by atoms with van der Waals surface area (Å²) >= 11 is 13.4. The van der Waals surface area contributed by atoms with Crippen LogP contribution < -0.4 is 5.32 Å². The fourth-order valence-corrected chi connectivity index (χ4v) is 3.22. The third-order valence-electron chi connectivity index (χ3n) is 3.32. The van der Waals surface area contributed by atoms with E-state index < -0.39 is 0 Å². The summed E-state index contributed by atoms with van der Waals surface area (Å²) in [5.41, 5.74) is 2.42. The third-order valence-corrected chi connectivity index (χ3v) is 4.93. The minimum absolute atomic E-state index is 0.180. The van der Waals surface area contributed by atoms with Crippen LogP contribution >= 0.6 is 34.5 Å². The highest BCUT2D eigenvalue weighted by molar-refractivity contribution is 7.13. The molecular formula is C16H13Cl2N3OS. The van der Waals surface area contributed by atoms with Crippen LogP contribution in [0.3, 0.4) is 0 Å². The normalized spacial score (nSPS) is 10.7. The highest BCUT2D eigenvalue weighted by Crippen LogP contribution is 2.25. The van der Waals surface area contributed by atoms with E-state index in [-0.39, 0.29) is 5.91 Å². The summed E-state index contributed by atoms with van der Waals surface area (Å²) in [5.74, 6) is -0.180. The molecule has 7 heteroatoms. The summed E-state index contributed by atoms with van der Waals surface area (Å²) in [6.07, 6.45) is 2.34. The monoisotopic (exact) mass is 365 g/mol. The van der Waals surface area contributed by atoms with Gasteiger partial charge in [-0.1, -0.05) is 29.3 Å². The lowest BCUT2D eigenvalue weighted by Gasteiger charge is -2.06. The van der Waals surface area contributed by atoms with Gasteiger partial charge >= 0.3 is 0 Å². The number of nitrogens with one attached hydrogen (secondary N) is 2. The van der Waals surface area contributed by atoms with E-state index in [1.165, 1.54) is 0 Å². The van der Waals surface area contributed by atoms with Crippen LogP contribution in [0.4, 0.5) is 0 Å². The molecule has 0 fully saturated rings. The molecule has 23 heavy (non-hydrogen) atoms. The van der Waals surface area contributed by atoms with Crippen molar-refractivity contribution < 1.29 is 4.79 Å². The molecule has 1 amide bonds. The van der Waals surface area contributed by atoms with Gasteiger partial charge < -0.3 is 10.3 Å². The van der Waals surface area contributed by atoms with Crippen LogP contribution in [0, 0.1) is 0 Å². The Balaban J connectivity index is 1.61. The van der Waals surface area contributed by atoms with Crippen LogP contribution in [0.15, 0.2) is 42.0 Å². The first-order valence-corrected chi connectivity index (χ1v) is 8.58. The van der Waals surface area contributed by atoms with Gasteiger partial charge in [-0.05, 0) is 29.6 Å². The quantitative estimate of drug-likeness (QED) is 0.702. The number of imidazole rings is 1. The minimum atomic E-state index is -0.180. The molecule has 3 aromatic rings. The fraction of sp³-hybridized carbons (Fsp3) is 0.125. The number of benzene rings is 1. The van der Waals surface area contributed by atoms with E-state index in [1.54, 1.807) is 35.9 Å². The lowest BCUT2D eigenvalue weighted by Crippen LogP contribution is -2.25. The molecule has 3 rings (SSSR count). The molecule has 2 aromatic heterocycles. The highest BCUT2D eigenvalue weighted by atomic mass is 35.5. The smallest absolute Gasteiger partial charge is 0.251 e. The van der Waals surface area contributed by atoms with Gasteiger partial charge in [0.2, 0.25) is 0 Å². The Bertz CT molecular complexity index is 815. The molecule has 0 spiro atoms. The topological polar surface area (TPSA) is 57.8 Å². The van der Waals surface area contributed by atoms with Crippen molar-refractivity contribution in [3.63, 3.8) is 0 Å². The van der Waals surface area contributed by atoms with Crippen LogP contribution in [-0.2, 0) is 6.42 Å². The van der Waals surface area contributed by atoms with Crippen molar-refractivity contribution in [3.05, 3.63) is 63.3 Å². The van der Waals surface area contributed by atoms with Crippen LogP contribution in [0.25, 0.3) is 10.6 Å². The van der Waals surface area contributed by atoms with Crippen molar-refractivity contribution in [2.45, 2.75) is 6.42 Å². The van der Waals surface area contributed by atoms with E-state index in [1.807, 2.05) is 17.5 Å². The molecule has 0 saturated carbocycles. The molecule has 2 N–H and O–H groups in total. The van der Waals surface area contributed by atoms with Gasteiger partial charge in [-0.25, -0.2) is 4.98 Å². The molecule has 0 bridgehead atoms. The second-order valence-corrected chi connectivity index (χ2v) is 6.60. The van der Waals surface area contributed by atoms with Crippen LogP contribution in [-0.4, -0.2) is 22.4 Å². The van der Waals surface area contributed by atoms with E-state index in [0.29, 0.717) is 28.6 Å². The lowest BCUT2D eigenvalue weighted by atomic mass is 10.2. The Hall–Kier alpha value is -1.82. The average molecular weight is 366 g/mol. The number of hydrogen-bond acceptors (Lipinski definition) is 3. The van der Waals surface area contributed by atoms with E-state index in [4.69, 9.17) is 23.2 Å². The highest BCUT2D eigenvalue weighted by Gasteiger charge is 2.11. The van der Waals surface area contributed by atoms with Crippen LogP contribution in [0.2, 0.25) is 10.0 Å². The summed E-state index contributed by atoms with van der Waals surface area (Å²) in [4.78, 5) is 20.7. The maximum atomic E-state index is 12.1. The lowest BCUT2D eigenvalue weighted by molar-refractivity contribution is 0.0954. The van der Waals surface area contributed by atoms with Gasteiger partial charge in [0.05, 0.1) is 21.2 Å². The third kappa shape index (κ3) is 3.75. The van der Waals surface area contributed by atoms with Gasteiger partial charge in [0.15, 0.2) is 0 Å². The average Bonchev–Trinajstić information content (AvgIpc) is 3.20. The summed E-state index contributed by atoms with van der Waals surface area (Å²) < 4.78 is 0. The summed E-state index contributed by atoms with van der Waals surface area (Å²) in [5, 5.41) is 5.69. The Morgan fingerprint density at radius 3 is 2.87 bits per heavy atom. The summed E-state index contributed by atoms with van der Waals surface area (Å²) in [7, 11) is 0. The Labute approximate surface area is 147 Å². The number of nitrogens with zero attached hydrogens (tertiary/aromatic N) is 1. The van der Waals surface area contributed by atoms with Gasteiger partial charge in [-0.2, -0.15) is 0 Å². The zero-order valence-corrected chi connectivity index (χ0v) is 14.3. The molecule has 0 radical (unpaired) electrons.